The number of nitrogens with one attached hydrogen (secondary N) is 1. The van der Waals surface area contributed by atoms with Crippen LogP contribution in [0.4, 0.5) is 5.00 Å². The average molecular weight is 462 g/mol. The molecule has 31 heavy (non-hydrogen) atoms. The summed E-state index contributed by atoms with van der Waals surface area (Å²) >= 11 is 2.48. The van der Waals surface area contributed by atoms with E-state index in [9.17, 15) is 9.59 Å². The van der Waals surface area contributed by atoms with Crippen molar-refractivity contribution in [3.05, 3.63) is 40.3 Å². The maximum absolute atomic E-state index is 12.5. The molecule has 2 heterocycles. The van der Waals surface area contributed by atoms with E-state index in [2.05, 4.69) is 15.5 Å². The first-order valence-electron chi connectivity index (χ1n) is 9.67. The number of para-hydroxylation sites is 1. The number of aromatic nitrogens is 2. The van der Waals surface area contributed by atoms with Crippen LogP contribution < -0.4 is 10.1 Å². The van der Waals surface area contributed by atoms with Gasteiger partial charge in [-0.05, 0) is 38.0 Å². The summed E-state index contributed by atoms with van der Waals surface area (Å²) in [5.41, 5.74) is 2.00. The second-order valence-electron chi connectivity index (χ2n) is 6.33. The predicted molar refractivity (Wildman–Crippen MR) is 120 cm³/mol. The summed E-state index contributed by atoms with van der Waals surface area (Å²) in [4.78, 5) is 25.9. The van der Waals surface area contributed by atoms with Gasteiger partial charge in [0, 0.05) is 4.88 Å². The second-order valence-corrected chi connectivity index (χ2v) is 8.48. The lowest BCUT2D eigenvalue weighted by atomic mass is 10.1. The van der Waals surface area contributed by atoms with Gasteiger partial charge in [0.2, 0.25) is 5.91 Å². The lowest BCUT2D eigenvalue weighted by Gasteiger charge is -2.07. The first-order chi connectivity index (χ1) is 15.0. The third kappa shape index (κ3) is 5.26. The molecule has 1 amide bonds. The van der Waals surface area contributed by atoms with Crippen LogP contribution in [-0.2, 0) is 16.0 Å². The molecule has 1 N–H and O–H groups in total. The Hall–Kier alpha value is -2.85. The topological polar surface area (TPSA) is 104 Å². The molecule has 164 valence electrons. The first-order valence-corrected chi connectivity index (χ1v) is 11.5. The minimum Gasteiger partial charge on any atom is -0.496 e. The third-order valence-electron chi connectivity index (χ3n) is 4.37. The Bertz CT molecular complexity index is 1080. The van der Waals surface area contributed by atoms with Gasteiger partial charge in [-0.2, -0.15) is 0 Å². The van der Waals surface area contributed by atoms with Crippen molar-refractivity contribution in [3.8, 4) is 17.2 Å². The van der Waals surface area contributed by atoms with Crippen LogP contribution in [0.25, 0.3) is 11.5 Å². The lowest BCUT2D eigenvalue weighted by molar-refractivity contribution is -0.113. The third-order valence-corrected chi connectivity index (χ3v) is 6.25. The highest BCUT2D eigenvalue weighted by molar-refractivity contribution is 7.99. The number of carbonyl (C=O) groups excluding carboxylic acids is 2. The largest absolute Gasteiger partial charge is 0.496 e. The molecule has 0 aliphatic rings. The zero-order valence-corrected chi connectivity index (χ0v) is 19.3. The number of anilines is 1. The van der Waals surface area contributed by atoms with Crippen LogP contribution in [0.3, 0.4) is 0 Å². The van der Waals surface area contributed by atoms with E-state index < -0.39 is 5.97 Å². The van der Waals surface area contributed by atoms with Crippen molar-refractivity contribution in [1.82, 2.24) is 10.2 Å². The van der Waals surface area contributed by atoms with Crippen molar-refractivity contribution in [1.29, 1.82) is 0 Å². The number of carbonyl (C=O) groups is 2. The van der Waals surface area contributed by atoms with Crippen LogP contribution >= 0.6 is 23.1 Å². The minimum absolute atomic E-state index is 0.0498. The van der Waals surface area contributed by atoms with Gasteiger partial charge in [0.15, 0.2) is 0 Å². The van der Waals surface area contributed by atoms with Gasteiger partial charge in [-0.3, -0.25) is 4.79 Å². The molecule has 0 saturated heterocycles. The van der Waals surface area contributed by atoms with E-state index in [0.29, 0.717) is 34.2 Å². The van der Waals surface area contributed by atoms with Gasteiger partial charge >= 0.3 is 5.97 Å². The first kappa shape index (κ1) is 22.8. The maximum Gasteiger partial charge on any atom is 0.341 e. The van der Waals surface area contributed by atoms with E-state index >= 15 is 0 Å². The van der Waals surface area contributed by atoms with Gasteiger partial charge in [-0.1, -0.05) is 30.8 Å². The highest BCUT2D eigenvalue weighted by Crippen LogP contribution is 2.34. The Labute approximate surface area is 188 Å². The fraction of sp³-hybridized carbons (Fsp3) is 0.333. The van der Waals surface area contributed by atoms with Gasteiger partial charge in [0.05, 0.1) is 30.6 Å². The molecule has 0 fully saturated rings. The number of hydrogen-bond donors (Lipinski definition) is 1. The molecule has 10 heteroatoms. The van der Waals surface area contributed by atoms with Crippen LogP contribution in [0.2, 0.25) is 0 Å². The van der Waals surface area contributed by atoms with E-state index in [0.717, 1.165) is 22.2 Å². The molecule has 0 aliphatic heterocycles. The molecule has 0 unspecified atom stereocenters. The summed E-state index contributed by atoms with van der Waals surface area (Å²) in [6, 6.07) is 7.31. The van der Waals surface area contributed by atoms with E-state index in [-0.39, 0.29) is 23.5 Å². The van der Waals surface area contributed by atoms with Gasteiger partial charge in [-0.25, -0.2) is 4.79 Å². The number of thioether (sulfide) groups is 1. The van der Waals surface area contributed by atoms with Crippen molar-refractivity contribution in [2.24, 2.45) is 0 Å². The number of hydrogen-bond acceptors (Lipinski definition) is 9. The molecule has 0 spiro atoms. The van der Waals surface area contributed by atoms with E-state index in [1.54, 1.807) is 20.1 Å². The molecule has 0 atom stereocenters. The number of esters is 1. The summed E-state index contributed by atoms with van der Waals surface area (Å²) in [6.45, 7) is 5.91. The fourth-order valence-corrected chi connectivity index (χ4v) is 4.71. The SMILES string of the molecule is CCOC(=O)c1c(NC(=O)CSc2nnc(-c3ccccc3OC)o2)sc(C)c1CC. The number of rotatable bonds is 9. The Balaban J connectivity index is 1.68. The number of ether oxygens (including phenoxy) is 2. The number of amides is 1. The van der Waals surface area contributed by atoms with E-state index in [1.807, 2.05) is 32.0 Å². The molecule has 0 aliphatic carbocycles. The van der Waals surface area contributed by atoms with Crippen molar-refractivity contribution < 1.29 is 23.5 Å². The normalized spacial score (nSPS) is 10.7. The Morgan fingerprint density at radius 1 is 1.23 bits per heavy atom. The van der Waals surface area contributed by atoms with Crippen molar-refractivity contribution in [2.75, 3.05) is 24.8 Å². The molecule has 2 aromatic heterocycles. The summed E-state index contributed by atoms with van der Waals surface area (Å²) in [6.07, 6.45) is 0.675. The molecular weight excluding hydrogens is 438 g/mol. The van der Waals surface area contributed by atoms with Gasteiger partial charge in [-0.15, -0.1) is 21.5 Å². The van der Waals surface area contributed by atoms with Crippen LogP contribution in [0.5, 0.6) is 5.75 Å². The zero-order valence-electron chi connectivity index (χ0n) is 17.7. The van der Waals surface area contributed by atoms with Crippen LogP contribution in [0.1, 0.15) is 34.6 Å². The van der Waals surface area contributed by atoms with Gasteiger partial charge in [0.25, 0.3) is 11.1 Å². The summed E-state index contributed by atoms with van der Waals surface area (Å²) in [5, 5.41) is 11.6. The maximum atomic E-state index is 12.5. The number of methoxy groups -OCH3 is 1. The minimum atomic E-state index is -0.426. The average Bonchev–Trinajstić information content (AvgIpc) is 3.36. The van der Waals surface area contributed by atoms with E-state index in [1.165, 1.54) is 11.3 Å². The second kappa shape index (κ2) is 10.5. The Kier molecular flexibility index (Phi) is 7.69. The van der Waals surface area contributed by atoms with Crippen LogP contribution in [-0.4, -0.2) is 41.5 Å². The van der Waals surface area contributed by atoms with Gasteiger partial charge < -0.3 is 19.2 Å². The van der Waals surface area contributed by atoms with Crippen LogP contribution in [0.15, 0.2) is 33.9 Å². The summed E-state index contributed by atoms with van der Waals surface area (Å²) in [5.74, 6) is 0.272. The molecule has 1 aromatic carbocycles. The molecule has 0 bridgehead atoms. The molecule has 0 saturated carbocycles. The standard InChI is InChI=1S/C21H23N3O5S2/c1-5-13-12(3)31-19(17(13)20(26)28-6-2)22-16(25)11-30-21-24-23-18(29-21)14-9-7-8-10-15(14)27-4/h7-10H,5-6,11H2,1-4H3,(H,22,25). The quantitative estimate of drug-likeness (QED) is 0.365. The van der Waals surface area contributed by atoms with Gasteiger partial charge in [0.1, 0.15) is 10.8 Å². The number of aryl methyl sites for hydroxylation is 1. The van der Waals surface area contributed by atoms with Crippen molar-refractivity contribution in [2.45, 2.75) is 32.4 Å². The molecule has 3 aromatic rings. The van der Waals surface area contributed by atoms with Crippen molar-refractivity contribution >= 4 is 40.0 Å². The lowest BCUT2D eigenvalue weighted by Crippen LogP contribution is -2.16. The summed E-state index contributed by atoms with van der Waals surface area (Å²) in [7, 11) is 1.57. The number of benzene rings is 1. The molecule has 0 radical (unpaired) electrons. The monoisotopic (exact) mass is 461 g/mol. The fourth-order valence-electron chi connectivity index (χ4n) is 3.00. The molecular formula is C21H23N3O5S2. The summed E-state index contributed by atoms with van der Waals surface area (Å²) < 4.78 is 16.1. The van der Waals surface area contributed by atoms with Crippen molar-refractivity contribution in [3.63, 3.8) is 0 Å². The highest BCUT2D eigenvalue weighted by atomic mass is 32.2. The molecule has 8 nitrogen and oxygen atoms in total. The smallest absolute Gasteiger partial charge is 0.341 e. The van der Waals surface area contributed by atoms with Crippen LogP contribution in [0, 0.1) is 6.92 Å². The molecule has 3 rings (SSSR count). The zero-order chi connectivity index (χ0) is 22.4. The van der Waals surface area contributed by atoms with E-state index in [4.69, 9.17) is 13.9 Å². The number of nitrogens with zero attached hydrogens (tertiary/aromatic N) is 2. The highest BCUT2D eigenvalue weighted by Gasteiger charge is 2.23. The Morgan fingerprint density at radius 3 is 2.71 bits per heavy atom. The predicted octanol–water partition coefficient (Wildman–Crippen LogP) is 4.59. The Morgan fingerprint density at radius 2 is 2.00 bits per heavy atom. The number of thiophene rings is 1.